The van der Waals surface area contributed by atoms with Crippen molar-refractivity contribution in [3.8, 4) is 11.5 Å². The fourth-order valence-corrected chi connectivity index (χ4v) is 3.43. The van der Waals surface area contributed by atoms with Crippen LogP contribution in [0.3, 0.4) is 0 Å². The minimum atomic E-state index is -0.366. The molecule has 0 spiro atoms. The third-order valence-electron chi connectivity index (χ3n) is 4.68. The smallest absolute Gasteiger partial charge is 0.168 e. The van der Waals surface area contributed by atoms with E-state index in [0.29, 0.717) is 29.7 Å². The van der Waals surface area contributed by atoms with Crippen molar-refractivity contribution in [2.24, 2.45) is 0 Å². The standard InChI is InChI=1S/C22H26F2O2/c1-4-5-6-8-15-9-7-10-19(20(15)24)25-14-17-12-18(23)11-16-13-22(2,3)26-21(16)17/h7,9-12H,4-6,8,13-14H2,1-3H3. The van der Waals surface area contributed by atoms with Gasteiger partial charge in [-0.05, 0) is 50.5 Å². The molecule has 0 amide bonds. The maximum Gasteiger partial charge on any atom is 0.168 e. The highest BCUT2D eigenvalue weighted by molar-refractivity contribution is 5.46. The van der Waals surface area contributed by atoms with Gasteiger partial charge in [-0.3, -0.25) is 0 Å². The van der Waals surface area contributed by atoms with Crippen LogP contribution in [0.1, 0.15) is 56.7 Å². The second-order valence-corrected chi connectivity index (χ2v) is 7.57. The van der Waals surface area contributed by atoms with Crippen LogP contribution in [0.2, 0.25) is 0 Å². The number of hydrogen-bond donors (Lipinski definition) is 0. The lowest BCUT2D eigenvalue weighted by Gasteiger charge is -2.18. The van der Waals surface area contributed by atoms with Crippen molar-refractivity contribution in [3.63, 3.8) is 0 Å². The average molecular weight is 360 g/mol. The van der Waals surface area contributed by atoms with E-state index in [0.717, 1.165) is 24.8 Å². The number of benzene rings is 2. The molecule has 2 aromatic rings. The van der Waals surface area contributed by atoms with E-state index in [9.17, 15) is 8.78 Å². The molecule has 1 heterocycles. The van der Waals surface area contributed by atoms with E-state index in [2.05, 4.69) is 6.92 Å². The summed E-state index contributed by atoms with van der Waals surface area (Å²) in [6.07, 6.45) is 4.47. The zero-order valence-electron chi connectivity index (χ0n) is 15.7. The first-order valence-corrected chi connectivity index (χ1v) is 9.30. The van der Waals surface area contributed by atoms with E-state index < -0.39 is 0 Å². The van der Waals surface area contributed by atoms with Gasteiger partial charge in [0.15, 0.2) is 11.6 Å². The van der Waals surface area contributed by atoms with Crippen molar-refractivity contribution in [1.29, 1.82) is 0 Å². The molecule has 0 radical (unpaired) electrons. The number of fused-ring (bicyclic) bond motifs is 1. The molecule has 0 aromatic heterocycles. The number of unbranched alkanes of at least 4 members (excludes halogenated alkanes) is 2. The first-order valence-electron chi connectivity index (χ1n) is 9.30. The lowest BCUT2D eigenvalue weighted by Crippen LogP contribution is -2.25. The Hall–Kier alpha value is -2.10. The third kappa shape index (κ3) is 4.17. The molecule has 2 aromatic carbocycles. The van der Waals surface area contributed by atoms with E-state index in [4.69, 9.17) is 9.47 Å². The van der Waals surface area contributed by atoms with Crippen LogP contribution in [0.15, 0.2) is 30.3 Å². The molecule has 0 atom stereocenters. The Bertz CT molecular complexity index is 784. The van der Waals surface area contributed by atoms with Crippen LogP contribution in [0.5, 0.6) is 11.5 Å². The molecular formula is C22H26F2O2. The molecule has 1 aliphatic heterocycles. The second-order valence-electron chi connectivity index (χ2n) is 7.57. The Labute approximate surface area is 154 Å². The highest BCUT2D eigenvalue weighted by Crippen LogP contribution is 2.39. The van der Waals surface area contributed by atoms with Crippen LogP contribution < -0.4 is 9.47 Å². The third-order valence-corrected chi connectivity index (χ3v) is 4.68. The number of aryl methyl sites for hydroxylation is 1. The molecule has 0 bridgehead atoms. The summed E-state index contributed by atoms with van der Waals surface area (Å²) in [4.78, 5) is 0. The van der Waals surface area contributed by atoms with Gasteiger partial charge in [-0.15, -0.1) is 0 Å². The summed E-state index contributed by atoms with van der Waals surface area (Å²) >= 11 is 0. The fraction of sp³-hybridized carbons (Fsp3) is 0.455. The van der Waals surface area contributed by atoms with E-state index in [1.807, 2.05) is 13.8 Å². The monoisotopic (exact) mass is 360 g/mol. The molecule has 0 fully saturated rings. The summed E-state index contributed by atoms with van der Waals surface area (Å²) in [5, 5.41) is 0. The summed E-state index contributed by atoms with van der Waals surface area (Å²) < 4.78 is 40.2. The molecule has 140 valence electrons. The van der Waals surface area contributed by atoms with Gasteiger partial charge in [-0.25, -0.2) is 8.78 Å². The molecule has 0 saturated carbocycles. The van der Waals surface area contributed by atoms with Gasteiger partial charge in [-0.2, -0.15) is 0 Å². The summed E-state index contributed by atoms with van der Waals surface area (Å²) in [5.41, 5.74) is 1.75. The SMILES string of the molecule is CCCCCc1cccc(OCc2cc(F)cc3c2OC(C)(C)C3)c1F. The van der Waals surface area contributed by atoms with Crippen molar-refractivity contribution in [3.05, 3.63) is 58.7 Å². The van der Waals surface area contributed by atoms with E-state index in [1.165, 1.54) is 12.1 Å². The van der Waals surface area contributed by atoms with Crippen molar-refractivity contribution in [1.82, 2.24) is 0 Å². The molecule has 0 saturated heterocycles. The van der Waals surface area contributed by atoms with Crippen molar-refractivity contribution in [2.75, 3.05) is 0 Å². The number of hydrogen-bond acceptors (Lipinski definition) is 2. The van der Waals surface area contributed by atoms with Crippen LogP contribution in [0, 0.1) is 11.6 Å². The molecule has 0 aliphatic carbocycles. The highest BCUT2D eigenvalue weighted by Gasteiger charge is 2.32. The fourth-order valence-electron chi connectivity index (χ4n) is 3.43. The Morgan fingerprint density at radius 1 is 1.12 bits per heavy atom. The first-order chi connectivity index (χ1) is 12.4. The summed E-state index contributed by atoms with van der Waals surface area (Å²) in [5.74, 6) is 0.223. The van der Waals surface area contributed by atoms with Crippen LogP contribution in [0.4, 0.5) is 8.78 Å². The van der Waals surface area contributed by atoms with Gasteiger partial charge in [0.05, 0.1) is 0 Å². The zero-order valence-corrected chi connectivity index (χ0v) is 15.7. The number of ether oxygens (including phenoxy) is 2. The van der Waals surface area contributed by atoms with Gasteiger partial charge >= 0.3 is 0 Å². The summed E-state index contributed by atoms with van der Waals surface area (Å²) in [6.45, 7) is 6.13. The van der Waals surface area contributed by atoms with Gasteiger partial charge in [0.2, 0.25) is 0 Å². The average Bonchev–Trinajstić information content (AvgIpc) is 2.89. The van der Waals surface area contributed by atoms with Crippen molar-refractivity contribution < 1.29 is 18.3 Å². The molecule has 3 rings (SSSR count). The lowest BCUT2D eigenvalue weighted by atomic mass is 10.0. The number of halogens is 2. The Balaban J connectivity index is 1.76. The molecule has 4 heteroatoms. The normalized spacial score (nSPS) is 14.8. The lowest BCUT2D eigenvalue weighted by molar-refractivity contribution is 0.135. The highest BCUT2D eigenvalue weighted by atomic mass is 19.1. The largest absolute Gasteiger partial charge is 0.487 e. The van der Waals surface area contributed by atoms with E-state index in [1.54, 1.807) is 18.2 Å². The molecule has 0 unspecified atom stereocenters. The molecule has 26 heavy (non-hydrogen) atoms. The van der Waals surface area contributed by atoms with Gasteiger partial charge in [-0.1, -0.05) is 31.9 Å². The van der Waals surface area contributed by atoms with Gasteiger partial charge < -0.3 is 9.47 Å². The van der Waals surface area contributed by atoms with Gasteiger partial charge in [0, 0.05) is 17.5 Å². The van der Waals surface area contributed by atoms with Crippen molar-refractivity contribution >= 4 is 0 Å². The Morgan fingerprint density at radius 3 is 2.69 bits per heavy atom. The number of rotatable bonds is 7. The van der Waals surface area contributed by atoms with Crippen LogP contribution >= 0.6 is 0 Å². The predicted molar refractivity (Wildman–Crippen MR) is 98.8 cm³/mol. The maximum absolute atomic E-state index is 14.6. The topological polar surface area (TPSA) is 18.5 Å². The predicted octanol–water partition coefficient (Wildman–Crippen LogP) is 5.99. The Kier molecular flexibility index (Phi) is 5.49. The van der Waals surface area contributed by atoms with Crippen LogP contribution in [-0.4, -0.2) is 5.60 Å². The molecular weight excluding hydrogens is 334 g/mol. The Morgan fingerprint density at radius 2 is 1.92 bits per heavy atom. The minimum Gasteiger partial charge on any atom is -0.487 e. The van der Waals surface area contributed by atoms with E-state index >= 15 is 0 Å². The summed E-state index contributed by atoms with van der Waals surface area (Å²) in [6, 6.07) is 8.12. The molecule has 0 N–H and O–H groups in total. The molecule has 2 nitrogen and oxygen atoms in total. The van der Waals surface area contributed by atoms with E-state index in [-0.39, 0.29) is 29.6 Å². The minimum absolute atomic E-state index is 0.0749. The molecule has 1 aliphatic rings. The maximum atomic E-state index is 14.6. The second kappa shape index (κ2) is 7.65. The van der Waals surface area contributed by atoms with Crippen LogP contribution in [-0.2, 0) is 19.4 Å². The zero-order chi connectivity index (χ0) is 18.7. The quantitative estimate of drug-likeness (QED) is 0.565. The summed E-state index contributed by atoms with van der Waals surface area (Å²) in [7, 11) is 0. The first kappa shape index (κ1) is 18.7. The van der Waals surface area contributed by atoms with Gasteiger partial charge in [0.25, 0.3) is 0 Å². The van der Waals surface area contributed by atoms with Crippen LogP contribution in [0.25, 0.3) is 0 Å². The van der Waals surface area contributed by atoms with Gasteiger partial charge in [0.1, 0.15) is 23.8 Å². The van der Waals surface area contributed by atoms with Crippen molar-refractivity contribution in [2.45, 2.75) is 65.1 Å².